The third-order valence-corrected chi connectivity index (χ3v) is 3.22. The minimum Gasteiger partial charge on any atom is -0.349 e. The second kappa shape index (κ2) is 7.76. The molecule has 1 heterocycles. The van der Waals surface area contributed by atoms with Gasteiger partial charge in [0.25, 0.3) is 11.8 Å². The van der Waals surface area contributed by atoms with Gasteiger partial charge in [-0.2, -0.15) is 0 Å². The van der Waals surface area contributed by atoms with Gasteiger partial charge in [-0.1, -0.05) is 29.3 Å². The average Bonchev–Trinajstić information content (AvgIpc) is 2.52. The summed E-state index contributed by atoms with van der Waals surface area (Å²) in [4.78, 5) is 27.7. The number of rotatable bonds is 5. The van der Waals surface area contributed by atoms with E-state index in [-0.39, 0.29) is 22.1 Å². The third-order valence-electron chi connectivity index (χ3n) is 2.84. The molecule has 5 nitrogen and oxygen atoms in total. The molecule has 118 valence electrons. The molecule has 0 aliphatic carbocycles. The smallest absolute Gasteiger partial charge is 0.255 e. The average molecular weight is 350 g/mol. The van der Waals surface area contributed by atoms with Crippen LogP contribution in [0.25, 0.3) is 0 Å². The Balaban J connectivity index is 2.07. The largest absolute Gasteiger partial charge is 0.349 e. The molecule has 2 N–H and O–H groups in total. The fourth-order valence-corrected chi connectivity index (χ4v) is 2.23. The Bertz CT molecular complexity index is 725. The summed E-state index contributed by atoms with van der Waals surface area (Å²) in [7, 11) is 0. The van der Waals surface area contributed by atoms with Crippen LogP contribution in [0.3, 0.4) is 0 Å². The monoisotopic (exact) mass is 349 g/mol. The lowest BCUT2D eigenvalue weighted by Crippen LogP contribution is -2.23. The second-order valence-corrected chi connectivity index (χ2v) is 5.31. The van der Waals surface area contributed by atoms with Crippen LogP contribution >= 0.6 is 23.2 Å². The van der Waals surface area contributed by atoms with E-state index in [1.165, 1.54) is 12.1 Å². The van der Waals surface area contributed by atoms with E-state index in [0.717, 1.165) is 0 Å². The lowest BCUT2D eigenvalue weighted by Gasteiger charge is -2.07. The molecule has 2 rings (SSSR count). The van der Waals surface area contributed by atoms with E-state index in [4.69, 9.17) is 23.2 Å². The Labute approximate surface area is 143 Å². The van der Waals surface area contributed by atoms with Crippen LogP contribution in [-0.4, -0.2) is 23.3 Å². The molecule has 2 aromatic rings. The maximum Gasteiger partial charge on any atom is 0.255 e. The summed E-state index contributed by atoms with van der Waals surface area (Å²) >= 11 is 11.5. The number of halogens is 2. The van der Waals surface area contributed by atoms with Crippen LogP contribution in [-0.2, 0) is 0 Å². The van der Waals surface area contributed by atoms with E-state index in [0.29, 0.717) is 23.4 Å². The highest BCUT2D eigenvalue weighted by atomic mass is 35.5. The van der Waals surface area contributed by atoms with Crippen molar-refractivity contribution in [3.8, 4) is 0 Å². The Kier molecular flexibility index (Phi) is 5.73. The summed E-state index contributed by atoms with van der Waals surface area (Å²) < 4.78 is 0. The van der Waals surface area contributed by atoms with Crippen molar-refractivity contribution in [3.63, 3.8) is 0 Å². The molecule has 0 fully saturated rings. The van der Waals surface area contributed by atoms with Crippen LogP contribution in [0.4, 0.5) is 5.69 Å². The molecule has 0 atom stereocenters. The van der Waals surface area contributed by atoms with Crippen LogP contribution in [0, 0.1) is 0 Å². The van der Waals surface area contributed by atoms with Crippen molar-refractivity contribution in [2.75, 3.05) is 11.9 Å². The summed E-state index contributed by atoms with van der Waals surface area (Å²) in [6, 6.07) is 9.32. The van der Waals surface area contributed by atoms with Gasteiger partial charge in [0.05, 0.1) is 0 Å². The molecule has 7 heteroatoms. The van der Waals surface area contributed by atoms with Crippen molar-refractivity contribution in [2.24, 2.45) is 0 Å². The Hall–Kier alpha value is -2.37. The van der Waals surface area contributed by atoms with Gasteiger partial charge in [0.2, 0.25) is 0 Å². The van der Waals surface area contributed by atoms with Gasteiger partial charge in [-0.3, -0.25) is 9.59 Å². The molecule has 1 aromatic heterocycles. The Morgan fingerprint density at radius 1 is 1.04 bits per heavy atom. The number of nitrogens with zero attached hydrogens (tertiary/aromatic N) is 1. The molecule has 0 aliphatic rings. The molecule has 0 spiro atoms. The number of hydrogen-bond acceptors (Lipinski definition) is 3. The predicted octanol–water partition coefficient (Wildman–Crippen LogP) is 3.56. The number of carbonyl (C=O) groups excluding carboxylic acids is 2. The molecule has 0 unspecified atom stereocenters. The lowest BCUT2D eigenvalue weighted by molar-refractivity contribution is 0.0957. The van der Waals surface area contributed by atoms with Gasteiger partial charge in [0.15, 0.2) is 0 Å². The zero-order valence-corrected chi connectivity index (χ0v) is 13.5. The van der Waals surface area contributed by atoms with Gasteiger partial charge in [-0.05, 0) is 36.4 Å². The number of carbonyl (C=O) groups is 2. The SMILES string of the molecule is C=CCNC(=O)c1ccc(NC(=O)c2cc(Cl)nc(Cl)c2)cc1. The maximum absolute atomic E-state index is 12.1. The third kappa shape index (κ3) is 4.81. The van der Waals surface area contributed by atoms with Gasteiger partial charge in [0, 0.05) is 23.4 Å². The van der Waals surface area contributed by atoms with E-state index in [9.17, 15) is 9.59 Å². The number of hydrogen-bond donors (Lipinski definition) is 2. The maximum atomic E-state index is 12.1. The molecule has 0 aliphatic heterocycles. The summed E-state index contributed by atoms with van der Waals surface area (Å²) in [5.41, 5.74) is 1.32. The van der Waals surface area contributed by atoms with E-state index in [1.807, 2.05) is 0 Å². The molecular formula is C16H13Cl2N3O2. The topological polar surface area (TPSA) is 71.1 Å². The fraction of sp³-hybridized carbons (Fsp3) is 0.0625. The van der Waals surface area contributed by atoms with Crippen molar-refractivity contribution in [2.45, 2.75) is 0 Å². The van der Waals surface area contributed by atoms with Gasteiger partial charge >= 0.3 is 0 Å². The number of nitrogens with one attached hydrogen (secondary N) is 2. The number of anilines is 1. The standard InChI is InChI=1S/C16H13Cl2N3O2/c1-2-7-19-15(22)10-3-5-12(6-4-10)20-16(23)11-8-13(17)21-14(18)9-11/h2-6,8-9H,1,7H2,(H,19,22)(H,20,23). The lowest BCUT2D eigenvalue weighted by atomic mass is 10.2. The molecule has 2 amide bonds. The van der Waals surface area contributed by atoms with E-state index in [1.54, 1.807) is 30.3 Å². The van der Waals surface area contributed by atoms with Gasteiger partial charge in [-0.25, -0.2) is 4.98 Å². The molecule has 0 radical (unpaired) electrons. The van der Waals surface area contributed by atoms with Crippen molar-refractivity contribution >= 4 is 40.7 Å². The van der Waals surface area contributed by atoms with Crippen molar-refractivity contribution in [3.05, 3.63) is 70.5 Å². The minimum absolute atomic E-state index is 0.136. The van der Waals surface area contributed by atoms with E-state index >= 15 is 0 Å². The van der Waals surface area contributed by atoms with Gasteiger partial charge in [-0.15, -0.1) is 6.58 Å². The number of pyridine rings is 1. The zero-order chi connectivity index (χ0) is 16.8. The fourth-order valence-electron chi connectivity index (χ4n) is 1.77. The molecule has 0 saturated heterocycles. The number of aromatic nitrogens is 1. The van der Waals surface area contributed by atoms with Gasteiger partial charge < -0.3 is 10.6 Å². The zero-order valence-electron chi connectivity index (χ0n) is 12.0. The van der Waals surface area contributed by atoms with Crippen molar-refractivity contribution in [1.82, 2.24) is 10.3 Å². The van der Waals surface area contributed by atoms with E-state index < -0.39 is 0 Å². The molecule has 0 saturated carbocycles. The quantitative estimate of drug-likeness (QED) is 0.640. The van der Waals surface area contributed by atoms with Crippen LogP contribution in [0.15, 0.2) is 49.1 Å². The summed E-state index contributed by atoms with van der Waals surface area (Å²) in [6.45, 7) is 3.92. The molecule has 0 bridgehead atoms. The number of benzene rings is 1. The second-order valence-electron chi connectivity index (χ2n) is 4.53. The highest BCUT2D eigenvalue weighted by Gasteiger charge is 2.10. The summed E-state index contributed by atoms with van der Waals surface area (Å²) in [5, 5.41) is 5.63. The first-order valence-electron chi connectivity index (χ1n) is 6.63. The first-order chi connectivity index (χ1) is 11.0. The van der Waals surface area contributed by atoms with E-state index in [2.05, 4.69) is 22.2 Å². The normalized spacial score (nSPS) is 10.0. The number of amides is 2. The first kappa shape index (κ1) is 17.0. The summed E-state index contributed by atoms with van der Waals surface area (Å²) in [5.74, 6) is -0.587. The highest BCUT2D eigenvalue weighted by molar-refractivity contribution is 6.33. The van der Waals surface area contributed by atoms with Crippen molar-refractivity contribution in [1.29, 1.82) is 0 Å². The minimum atomic E-state index is -0.375. The Morgan fingerprint density at radius 3 is 2.22 bits per heavy atom. The van der Waals surface area contributed by atoms with Crippen LogP contribution in [0.1, 0.15) is 20.7 Å². The van der Waals surface area contributed by atoms with Crippen LogP contribution in [0.2, 0.25) is 10.3 Å². The first-order valence-corrected chi connectivity index (χ1v) is 7.39. The van der Waals surface area contributed by atoms with Gasteiger partial charge in [0.1, 0.15) is 10.3 Å². The van der Waals surface area contributed by atoms with Crippen molar-refractivity contribution < 1.29 is 9.59 Å². The summed E-state index contributed by atoms with van der Waals surface area (Å²) in [6.07, 6.45) is 1.59. The predicted molar refractivity (Wildman–Crippen MR) is 91.2 cm³/mol. The Morgan fingerprint density at radius 2 is 1.65 bits per heavy atom. The molecule has 1 aromatic carbocycles. The van der Waals surface area contributed by atoms with Crippen LogP contribution < -0.4 is 10.6 Å². The molecule has 23 heavy (non-hydrogen) atoms. The van der Waals surface area contributed by atoms with Crippen LogP contribution in [0.5, 0.6) is 0 Å². The highest BCUT2D eigenvalue weighted by Crippen LogP contribution is 2.17. The molecular weight excluding hydrogens is 337 g/mol.